The van der Waals surface area contributed by atoms with Crippen LogP contribution in [0.4, 0.5) is 0 Å². The normalized spacial score (nSPS) is 10.6. The van der Waals surface area contributed by atoms with Crippen LogP contribution in [0.3, 0.4) is 0 Å². The molecule has 0 saturated heterocycles. The molecule has 2 aromatic rings. The second kappa shape index (κ2) is 4.92. The second-order valence-electron chi connectivity index (χ2n) is 4.57. The highest BCUT2D eigenvalue weighted by atomic mass is 16.5. The van der Waals surface area contributed by atoms with Gasteiger partial charge in [0, 0.05) is 11.5 Å². The molecule has 1 N–H and O–H groups in total. The molecular formula is C14H14N2O2. The first-order valence-electron chi connectivity index (χ1n) is 5.80. The Kier molecular flexibility index (Phi) is 3.33. The number of ether oxygens (including phenoxy) is 1. The number of hydrogen-bond donors (Lipinski definition) is 1. The molecule has 0 spiro atoms. The summed E-state index contributed by atoms with van der Waals surface area (Å²) in [6, 6.07) is 8.48. The molecule has 4 heteroatoms. The molecule has 0 bridgehead atoms. The fraction of sp³-hybridized carbons (Fsp3) is 0.286. The summed E-state index contributed by atoms with van der Waals surface area (Å²) in [7, 11) is 0. The largest absolute Gasteiger partial charge is 0.493 e. The summed E-state index contributed by atoms with van der Waals surface area (Å²) in [4.78, 5) is 14.7. The molecule has 4 nitrogen and oxygen atoms in total. The number of hydrogen-bond acceptors (Lipinski definition) is 3. The van der Waals surface area contributed by atoms with E-state index in [0.29, 0.717) is 29.2 Å². The van der Waals surface area contributed by atoms with Gasteiger partial charge in [0.1, 0.15) is 17.5 Å². The molecule has 1 aromatic carbocycles. The van der Waals surface area contributed by atoms with Crippen LogP contribution in [0.15, 0.2) is 29.1 Å². The number of fused-ring (bicyclic) bond motifs is 1. The van der Waals surface area contributed by atoms with Crippen LogP contribution in [-0.2, 0) is 0 Å². The molecule has 0 amide bonds. The molecule has 0 atom stereocenters. The molecule has 0 fully saturated rings. The van der Waals surface area contributed by atoms with Crippen LogP contribution < -0.4 is 10.2 Å². The summed E-state index contributed by atoms with van der Waals surface area (Å²) in [6.07, 6.45) is 0. The highest BCUT2D eigenvalue weighted by molar-refractivity contribution is 5.80. The zero-order chi connectivity index (χ0) is 13.1. The van der Waals surface area contributed by atoms with E-state index in [1.807, 2.05) is 6.07 Å². The molecule has 2 rings (SSSR count). The number of aromatic nitrogens is 1. The van der Waals surface area contributed by atoms with Crippen molar-refractivity contribution in [2.24, 2.45) is 5.92 Å². The van der Waals surface area contributed by atoms with Gasteiger partial charge in [0.05, 0.1) is 12.1 Å². The number of benzene rings is 1. The summed E-state index contributed by atoms with van der Waals surface area (Å²) in [5, 5.41) is 9.31. The predicted octanol–water partition coefficient (Wildman–Crippen LogP) is 2.43. The van der Waals surface area contributed by atoms with Crippen molar-refractivity contribution < 1.29 is 4.74 Å². The lowest BCUT2D eigenvalue weighted by Gasteiger charge is -2.09. The standard InChI is InChI=1S/C14H14N2O2/c1-9(2)8-18-11-3-4-13-12(6-11)14(17)5-10(7-15)16-13/h3-6,9H,8H2,1-2H3,(H,16,17). The summed E-state index contributed by atoms with van der Waals surface area (Å²) < 4.78 is 5.57. The van der Waals surface area contributed by atoms with E-state index in [-0.39, 0.29) is 11.1 Å². The van der Waals surface area contributed by atoms with Gasteiger partial charge in [-0.3, -0.25) is 4.79 Å². The lowest BCUT2D eigenvalue weighted by molar-refractivity contribution is 0.271. The first kappa shape index (κ1) is 12.2. The Labute approximate surface area is 105 Å². The van der Waals surface area contributed by atoms with Crippen LogP contribution in [0, 0.1) is 17.2 Å². The Hall–Kier alpha value is -2.28. The first-order chi connectivity index (χ1) is 8.60. The molecule has 18 heavy (non-hydrogen) atoms. The molecule has 1 heterocycles. The van der Waals surface area contributed by atoms with E-state index >= 15 is 0 Å². The zero-order valence-corrected chi connectivity index (χ0v) is 10.4. The summed E-state index contributed by atoms with van der Waals surface area (Å²) in [6.45, 7) is 4.74. The third-order valence-corrected chi connectivity index (χ3v) is 2.51. The first-order valence-corrected chi connectivity index (χ1v) is 5.80. The van der Waals surface area contributed by atoms with E-state index in [1.54, 1.807) is 18.2 Å². The Bertz CT molecular complexity index is 666. The summed E-state index contributed by atoms with van der Waals surface area (Å²) in [5.41, 5.74) is 0.745. The lowest BCUT2D eigenvalue weighted by Crippen LogP contribution is -2.06. The second-order valence-corrected chi connectivity index (χ2v) is 4.57. The molecule has 0 aliphatic heterocycles. The average Bonchev–Trinajstić information content (AvgIpc) is 2.36. The van der Waals surface area contributed by atoms with Crippen molar-refractivity contribution in [2.45, 2.75) is 13.8 Å². The Balaban J connectivity index is 2.43. The van der Waals surface area contributed by atoms with E-state index < -0.39 is 0 Å². The minimum Gasteiger partial charge on any atom is -0.493 e. The smallest absolute Gasteiger partial charge is 0.190 e. The van der Waals surface area contributed by atoms with E-state index in [1.165, 1.54) is 6.07 Å². The number of aromatic amines is 1. The van der Waals surface area contributed by atoms with Crippen molar-refractivity contribution in [1.29, 1.82) is 5.26 Å². The minimum absolute atomic E-state index is 0.171. The van der Waals surface area contributed by atoms with Crippen molar-refractivity contribution in [2.75, 3.05) is 6.61 Å². The van der Waals surface area contributed by atoms with Crippen molar-refractivity contribution in [3.8, 4) is 11.8 Å². The SMILES string of the molecule is CC(C)COc1ccc2[nH]c(C#N)cc(=O)c2c1. The average molecular weight is 242 g/mol. The topological polar surface area (TPSA) is 65.9 Å². The van der Waals surface area contributed by atoms with Crippen LogP contribution >= 0.6 is 0 Å². The van der Waals surface area contributed by atoms with Crippen LogP contribution in [0.1, 0.15) is 19.5 Å². The fourth-order valence-corrected chi connectivity index (χ4v) is 1.64. The predicted molar refractivity (Wildman–Crippen MR) is 69.6 cm³/mol. The third kappa shape index (κ3) is 2.51. The lowest BCUT2D eigenvalue weighted by atomic mass is 10.2. The number of nitrogens with one attached hydrogen (secondary N) is 1. The summed E-state index contributed by atoms with van der Waals surface area (Å²) in [5.74, 6) is 1.10. The number of pyridine rings is 1. The van der Waals surface area contributed by atoms with E-state index in [4.69, 9.17) is 10.00 Å². The van der Waals surface area contributed by atoms with Crippen LogP contribution in [0.5, 0.6) is 5.75 Å². The van der Waals surface area contributed by atoms with Crippen LogP contribution in [0.2, 0.25) is 0 Å². The maximum Gasteiger partial charge on any atom is 0.190 e. The van der Waals surface area contributed by atoms with Crippen molar-refractivity contribution in [3.05, 3.63) is 40.2 Å². The zero-order valence-electron chi connectivity index (χ0n) is 10.4. The van der Waals surface area contributed by atoms with Gasteiger partial charge < -0.3 is 9.72 Å². The number of H-pyrrole nitrogens is 1. The Morgan fingerprint density at radius 2 is 2.17 bits per heavy atom. The number of rotatable bonds is 3. The van der Waals surface area contributed by atoms with Gasteiger partial charge in [-0.2, -0.15) is 5.26 Å². The summed E-state index contributed by atoms with van der Waals surface area (Å²) >= 11 is 0. The Morgan fingerprint density at radius 1 is 1.39 bits per heavy atom. The number of nitriles is 1. The van der Waals surface area contributed by atoms with Gasteiger partial charge in [-0.1, -0.05) is 13.8 Å². The molecule has 0 saturated carbocycles. The quantitative estimate of drug-likeness (QED) is 0.898. The monoisotopic (exact) mass is 242 g/mol. The number of nitrogens with zero attached hydrogens (tertiary/aromatic N) is 1. The molecule has 0 radical (unpaired) electrons. The van der Waals surface area contributed by atoms with Gasteiger partial charge in [0.2, 0.25) is 0 Å². The molecule has 0 aliphatic carbocycles. The van der Waals surface area contributed by atoms with Gasteiger partial charge in [0.25, 0.3) is 0 Å². The molecular weight excluding hydrogens is 228 g/mol. The van der Waals surface area contributed by atoms with E-state index in [0.717, 1.165) is 0 Å². The maximum atomic E-state index is 11.8. The highest BCUT2D eigenvalue weighted by Crippen LogP contribution is 2.17. The van der Waals surface area contributed by atoms with Gasteiger partial charge in [0.15, 0.2) is 5.43 Å². The van der Waals surface area contributed by atoms with Crippen LogP contribution in [-0.4, -0.2) is 11.6 Å². The van der Waals surface area contributed by atoms with Crippen LogP contribution in [0.25, 0.3) is 10.9 Å². The van der Waals surface area contributed by atoms with Gasteiger partial charge in [-0.05, 0) is 24.1 Å². The fourth-order valence-electron chi connectivity index (χ4n) is 1.64. The van der Waals surface area contributed by atoms with Gasteiger partial charge in [-0.15, -0.1) is 0 Å². The van der Waals surface area contributed by atoms with Crippen molar-refractivity contribution in [3.63, 3.8) is 0 Å². The van der Waals surface area contributed by atoms with E-state index in [2.05, 4.69) is 18.8 Å². The minimum atomic E-state index is -0.171. The van der Waals surface area contributed by atoms with Gasteiger partial charge >= 0.3 is 0 Å². The highest BCUT2D eigenvalue weighted by Gasteiger charge is 2.04. The van der Waals surface area contributed by atoms with Crippen molar-refractivity contribution >= 4 is 10.9 Å². The van der Waals surface area contributed by atoms with Gasteiger partial charge in [-0.25, -0.2) is 0 Å². The molecule has 0 unspecified atom stereocenters. The van der Waals surface area contributed by atoms with E-state index in [9.17, 15) is 4.79 Å². The molecule has 0 aliphatic rings. The Morgan fingerprint density at radius 3 is 2.83 bits per heavy atom. The third-order valence-electron chi connectivity index (χ3n) is 2.51. The molecule has 92 valence electrons. The maximum absolute atomic E-state index is 11.8. The molecule has 1 aromatic heterocycles. The van der Waals surface area contributed by atoms with Crippen molar-refractivity contribution in [1.82, 2.24) is 4.98 Å².